The Balaban J connectivity index is 3.94. The Morgan fingerprint density at radius 2 is 1.86 bits per heavy atom. The lowest BCUT2D eigenvalue weighted by Gasteiger charge is -2.19. The van der Waals surface area contributed by atoms with Crippen molar-refractivity contribution in [2.24, 2.45) is 11.8 Å². The predicted octanol–water partition coefficient (Wildman–Crippen LogP) is 3.78. The van der Waals surface area contributed by atoms with Crippen LogP contribution in [0.2, 0.25) is 0 Å². The number of hydrogen-bond donors (Lipinski definition) is 1. The molecule has 0 rings (SSSR count). The number of aliphatic hydroxyl groups is 1. The van der Waals surface area contributed by atoms with Gasteiger partial charge < -0.3 is 5.11 Å². The van der Waals surface area contributed by atoms with E-state index in [2.05, 4.69) is 32.9 Å². The molecule has 14 heavy (non-hydrogen) atoms. The highest BCUT2D eigenvalue weighted by molar-refractivity contribution is 4.92. The minimum absolute atomic E-state index is 0.522. The van der Waals surface area contributed by atoms with Gasteiger partial charge in [-0.15, -0.1) is 0 Å². The molecule has 0 aromatic heterocycles. The topological polar surface area (TPSA) is 20.2 Å². The molecule has 1 nitrogen and oxygen atoms in total. The van der Waals surface area contributed by atoms with E-state index in [4.69, 9.17) is 0 Å². The van der Waals surface area contributed by atoms with Crippen molar-refractivity contribution in [1.82, 2.24) is 0 Å². The largest absolute Gasteiger partial charge is 0.390 e. The van der Waals surface area contributed by atoms with Gasteiger partial charge in [-0.2, -0.15) is 0 Å². The zero-order valence-electron chi connectivity index (χ0n) is 10.4. The summed E-state index contributed by atoms with van der Waals surface area (Å²) in [6.45, 7) is 10.6. The van der Waals surface area contributed by atoms with Gasteiger partial charge in [-0.25, -0.2) is 0 Å². The normalized spacial score (nSPS) is 20.7. The number of rotatable bonds is 6. The van der Waals surface area contributed by atoms with Crippen LogP contribution in [-0.4, -0.2) is 10.7 Å². The van der Waals surface area contributed by atoms with Crippen LogP contribution >= 0.6 is 0 Å². The highest BCUT2D eigenvalue weighted by Crippen LogP contribution is 2.18. The van der Waals surface area contributed by atoms with Gasteiger partial charge >= 0.3 is 0 Å². The van der Waals surface area contributed by atoms with E-state index < -0.39 is 5.60 Å². The molecule has 3 unspecified atom stereocenters. The molecule has 0 aromatic carbocycles. The quantitative estimate of drug-likeness (QED) is 0.644. The number of hydrogen-bond acceptors (Lipinski definition) is 1. The van der Waals surface area contributed by atoms with E-state index in [0.29, 0.717) is 5.92 Å². The second kappa shape index (κ2) is 6.23. The average Bonchev–Trinajstić information content (AvgIpc) is 2.16. The minimum Gasteiger partial charge on any atom is -0.390 e. The fourth-order valence-electron chi connectivity index (χ4n) is 1.24. The van der Waals surface area contributed by atoms with Gasteiger partial charge in [0, 0.05) is 0 Å². The van der Waals surface area contributed by atoms with Crippen LogP contribution in [0, 0.1) is 11.8 Å². The van der Waals surface area contributed by atoms with E-state index >= 15 is 0 Å². The van der Waals surface area contributed by atoms with Crippen LogP contribution in [0.1, 0.15) is 53.9 Å². The summed E-state index contributed by atoms with van der Waals surface area (Å²) in [5, 5.41) is 9.78. The van der Waals surface area contributed by atoms with Crippen molar-refractivity contribution in [2.45, 2.75) is 59.5 Å². The predicted molar refractivity (Wildman–Crippen MR) is 63.3 cm³/mol. The molecule has 3 atom stereocenters. The Morgan fingerprint density at radius 3 is 2.29 bits per heavy atom. The molecule has 0 saturated heterocycles. The first-order valence-corrected chi connectivity index (χ1v) is 5.82. The van der Waals surface area contributed by atoms with Gasteiger partial charge in [0.1, 0.15) is 0 Å². The van der Waals surface area contributed by atoms with Crippen molar-refractivity contribution in [3.05, 3.63) is 12.2 Å². The lowest BCUT2D eigenvalue weighted by Crippen LogP contribution is -2.21. The number of allylic oxidation sites excluding steroid dienone is 1. The first kappa shape index (κ1) is 13.7. The monoisotopic (exact) mass is 198 g/mol. The smallest absolute Gasteiger partial charge is 0.0651 e. The van der Waals surface area contributed by atoms with Crippen molar-refractivity contribution >= 4 is 0 Å². The van der Waals surface area contributed by atoms with Crippen molar-refractivity contribution in [1.29, 1.82) is 0 Å². The van der Waals surface area contributed by atoms with E-state index in [-0.39, 0.29) is 0 Å². The van der Waals surface area contributed by atoms with Gasteiger partial charge in [-0.1, -0.05) is 46.3 Å². The Morgan fingerprint density at radius 1 is 1.29 bits per heavy atom. The van der Waals surface area contributed by atoms with Crippen molar-refractivity contribution < 1.29 is 5.11 Å². The molecule has 1 N–H and O–H groups in total. The third-order valence-electron chi connectivity index (χ3n) is 3.30. The van der Waals surface area contributed by atoms with E-state index in [1.54, 1.807) is 0 Å². The fraction of sp³-hybridized carbons (Fsp3) is 0.846. The Hall–Kier alpha value is -0.300. The van der Waals surface area contributed by atoms with E-state index in [0.717, 1.165) is 18.8 Å². The molecule has 0 saturated carbocycles. The van der Waals surface area contributed by atoms with Crippen molar-refractivity contribution in [3.63, 3.8) is 0 Å². The standard InChI is InChI=1S/C13H26O/c1-6-11(3)12(4)9-8-10-13(5,14)7-2/h8-9,11-12,14H,6-7,10H2,1-5H3/b9-8+. The molecule has 0 bridgehead atoms. The van der Waals surface area contributed by atoms with E-state index in [1.165, 1.54) is 6.42 Å². The summed E-state index contributed by atoms with van der Waals surface area (Å²) in [5.74, 6) is 1.35. The highest BCUT2D eigenvalue weighted by Gasteiger charge is 2.15. The molecule has 0 amide bonds. The molecule has 0 fully saturated rings. The maximum Gasteiger partial charge on any atom is 0.0651 e. The van der Waals surface area contributed by atoms with Crippen LogP contribution in [0.15, 0.2) is 12.2 Å². The first-order chi connectivity index (χ1) is 6.43. The summed E-state index contributed by atoms with van der Waals surface area (Å²) in [7, 11) is 0. The summed E-state index contributed by atoms with van der Waals surface area (Å²) in [5.41, 5.74) is -0.522. The molecular weight excluding hydrogens is 172 g/mol. The third kappa shape index (κ3) is 5.43. The average molecular weight is 198 g/mol. The summed E-state index contributed by atoms with van der Waals surface area (Å²) in [6, 6.07) is 0. The molecule has 0 spiro atoms. The molecular formula is C13H26O. The SMILES string of the molecule is CCC(C)C(C)/C=C/CC(C)(O)CC. The van der Waals surface area contributed by atoms with Gasteiger partial charge in [0.25, 0.3) is 0 Å². The van der Waals surface area contributed by atoms with Crippen LogP contribution in [0.5, 0.6) is 0 Å². The molecule has 84 valence electrons. The highest BCUT2D eigenvalue weighted by atomic mass is 16.3. The van der Waals surface area contributed by atoms with Gasteiger partial charge in [-0.05, 0) is 31.6 Å². The molecule has 1 heteroatoms. The molecule has 0 aromatic rings. The van der Waals surface area contributed by atoms with Crippen LogP contribution < -0.4 is 0 Å². The molecule has 0 heterocycles. The Bertz CT molecular complexity index is 170. The minimum atomic E-state index is -0.522. The summed E-state index contributed by atoms with van der Waals surface area (Å²) in [4.78, 5) is 0. The first-order valence-electron chi connectivity index (χ1n) is 5.82. The van der Waals surface area contributed by atoms with Gasteiger partial charge in [0.05, 0.1) is 5.60 Å². The fourth-order valence-corrected chi connectivity index (χ4v) is 1.24. The molecule has 0 aliphatic heterocycles. The van der Waals surface area contributed by atoms with E-state index in [9.17, 15) is 5.11 Å². The zero-order chi connectivity index (χ0) is 11.2. The summed E-state index contributed by atoms with van der Waals surface area (Å²) < 4.78 is 0. The van der Waals surface area contributed by atoms with Crippen LogP contribution in [-0.2, 0) is 0 Å². The summed E-state index contributed by atoms with van der Waals surface area (Å²) >= 11 is 0. The Kier molecular flexibility index (Phi) is 6.10. The maximum absolute atomic E-state index is 9.78. The third-order valence-corrected chi connectivity index (χ3v) is 3.30. The van der Waals surface area contributed by atoms with Crippen LogP contribution in [0.4, 0.5) is 0 Å². The van der Waals surface area contributed by atoms with Crippen LogP contribution in [0.3, 0.4) is 0 Å². The van der Waals surface area contributed by atoms with Gasteiger partial charge in [0.2, 0.25) is 0 Å². The van der Waals surface area contributed by atoms with E-state index in [1.807, 2.05) is 13.8 Å². The van der Waals surface area contributed by atoms with Gasteiger partial charge in [-0.3, -0.25) is 0 Å². The second-order valence-corrected chi connectivity index (χ2v) is 4.73. The van der Waals surface area contributed by atoms with Gasteiger partial charge in [0.15, 0.2) is 0 Å². The van der Waals surface area contributed by atoms with Crippen molar-refractivity contribution in [2.75, 3.05) is 0 Å². The zero-order valence-corrected chi connectivity index (χ0v) is 10.4. The molecule has 0 aliphatic carbocycles. The Labute approximate surface area is 89.2 Å². The van der Waals surface area contributed by atoms with Crippen molar-refractivity contribution in [3.8, 4) is 0 Å². The second-order valence-electron chi connectivity index (χ2n) is 4.73. The molecule has 0 radical (unpaired) electrons. The lowest BCUT2D eigenvalue weighted by molar-refractivity contribution is 0.0591. The molecule has 0 aliphatic rings. The summed E-state index contributed by atoms with van der Waals surface area (Å²) in [6.07, 6.45) is 7.16. The maximum atomic E-state index is 9.78. The lowest BCUT2D eigenvalue weighted by atomic mass is 9.91. The van der Waals surface area contributed by atoms with Crippen LogP contribution in [0.25, 0.3) is 0 Å².